The zero-order valence-electron chi connectivity index (χ0n) is 8.99. The van der Waals surface area contributed by atoms with Gasteiger partial charge in [-0.25, -0.2) is 0 Å². The molecule has 0 aromatic carbocycles. The maximum Gasteiger partial charge on any atom is 0.306 e. The quantitative estimate of drug-likeness (QED) is 0.475. The van der Waals surface area contributed by atoms with Crippen molar-refractivity contribution >= 4 is 5.97 Å². The lowest BCUT2D eigenvalue weighted by atomic mass is 10.3. The molecule has 1 N–H and O–H groups in total. The van der Waals surface area contributed by atoms with Crippen LogP contribution in [0.5, 0.6) is 0 Å². The van der Waals surface area contributed by atoms with Crippen molar-refractivity contribution in [3.63, 3.8) is 0 Å². The second kappa shape index (κ2) is 8.97. The van der Waals surface area contributed by atoms with E-state index in [9.17, 15) is 4.79 Å². The van der Waals surface area contributed by atoms with E-state index in [2.05, 4.69) is 0 Å². The van der Waals surface area contributed by atoms with Crippen molar-refractivity contribution in [1.29, 1.82) is 0 Å². The fourth-order valence-corrected chi connectivity index (χ4v) is 0.932. The Labute approximate surface area is 85.2 Å². The minimum atomic E-state index is -0.513. The van der Waals surface area contributed by atoms with Gasteiger partial charge in [-0.15, -0.1) is 0 Å². The van der Waals surface area contributed by atoms with Crippen molar-refractivity contribution in [2.24, 2.45) is 0 Å². The van der Waals surface area contributed by atoms with Crippen LogP contribution in [-0.2, 0) is 14.3 Å². The van der Waals surface area contributed by atoms with Crippen LogP contribution in [0.2, 0.25) is 0 Å². The minimum absolute atomic E-state index is 0.181. The van der Waals surface area contributed by atoms with Gasteiger partial charge in [0.1, 0.15) is 6.10 Å². The molecule has 0 radical (unpaired) electrons. The first-order valence-electron chi connectivity index (χ1n) is 5.12. The molecule has 4 nitrogen and oxygen atoms in total. The van der Waals surface area contributed by atoms with E-state index in [1.165, 1.54) is 0 Å². The van der Waals surface area contributed by atoms with Crippen molar-refractivity contribution in [3.8, 4) is 0 Å². The molecule has 0 rings (SSSR count). The van der Waals surface area contributed by atoms with E-state index in [1.807, 2.05) is 13.8 Å². The Kier molecular flexibility index (Phi) is 8.57. The summed E-state index contributed by atoms with van der Waals surface area (Å²) in [6.07, 6.45) is 1.55. The Morgan fingerprint density at radius 3 is 2.57 bits per heavy atom. The fraction of sp³-hybridized carbons (Fsp3) is 0.900. The van der Waals surface area contributed by atoms with Crippen molar-refractivity contribution in [1.82, 2.24) is 0 Å². The van der Waals surface area contributed by atoms with E-state index in [4.69, 9.17) is 14.6 Å². The number of carbonyl (C=O) groups excluding carboxylic acids is 1. The van der Waals surface area contributed by atoms with Crippen molar-refractivity contribution in [3.05, 3.63) is 0 Å². The molecule has 0 amide bonds. The molecule has 0 bridgehead atoms. The summed E-state index contributed by atoms with van der Waals surface area (Å²) in [5, 5.41) is 8.89. The Morgan fingerprint density at radius 1 is 1.36 bits per heavy atom. The zero-order chi connectivity index (χ0) is 10.8. The summed E-state index contributed by atoms with van der Waals surface area (Å²) in [6, 6.07) is 0. The molecule has 0 aliphatic heterocycles. The normalized spacial score (nSPS) is 12.5. The largest absolute Gasteiger partial charge is 0.457 e. The standard InChI is InChI=1S/C10H20O4/c1-3-5-10(12)14-9(7-11)8-13-6-4-2/h9,11H,3-8H2,1-2H3. The lowest BCUT2D eigenvalue weighted by Gasteiger charge is -2.15. The van der Waals surface area contributed by atoms with E-state index in [0.29, 0.717) is 13.0 Å². The topological polar surface area (TPSA) is 55.8 Å². The van der Waals surface area contributed by atoms with E-state index in [-0.39, 0.29) is 19.2 Å². The summed E-state index contributed by atoms with van der Waals surface area (Å²) in [5.41, 5.74) is 0. The highest BCUT2D eigenvalue weighted by atomic mass is 16.6. The Bertz CT molecular complexity index is 147. The molecule has 0 aromatic rings. The minimum Gasteiger partial charge on any atom is -0.457 e. The Balaban J connectivity index is 3.61. The van der Waals surface area contributed by atoms with Gasteiger partial charge in [0, 0.05) is 13.0 Å². The van der Waals surface area contributed by atoms with Crippen LogP contribution in [0.25, 0.3) is 0 Å². The molecule has 0 heterocycles. The second-order valence-electron chi connectivity index (χ2n) is 3.12. The van der Waals surface area contributed by atoms with Crippen LogP contribution in [0, 0.1) is 0 Å². The molecule has 4 heteroatoms. The van der Waals surface area contributed by atoms with Crippen LogP contribution < -0.4 is 0 Å². The first-order chi connectivity index (χ1) is 6.74. The van der Waals surface area contributed by atoms with E-state index in [1.54, 1.807) is 0 Å². The predicted molar refractivity (Wildman–Crippen MR) is 53.0 cm³/mol. The third-order valence-electron chi connectivity index (χ3n) is 1.61. The summed E-state index contributed by atoms with van der Waals surface area (Å²) < 4.78 is 10.2. The average molecular weight is 204 g/mol. The number of carbonyl (C=O) groups is 1. The Morgan fingerprint density at radius 2 is 2.07 bits per heavy atom. The predicted octanol–water partition coefficient (Wildman–Crippen LogP) is 1.12. The van der Waals surface area contributed by atoms with E-state index >= 15 is 0 Å². The van der Waals surface area contributed by atoms with Gasteiger partial charge in [0.05, 0.1) is 13.2 Å². The monoisotopic (exact) mass is 204 g/mol. The first kappa shape index (κ1) is 13.4. The molecule has 84 valence electrons. The van der Waals surface area contributed by atoms with Crippen molar-refractivity contribution in [2.75, 3.05) is 19.8 Å². The number of esters is 1. The van der Waals surface area contributed by atoms with E-state index < -0.39 is 6.10 Å². The number of rotatable bonds is 8. The molecule has 0 aliphatic rings. The summed E-state index contributed by atoms with van der Waals surface area (Å²) in [7, 11) is 0. The number of aliphatic hydroxyl groups is 1. The molecule has 0 fully saturated rings. The van der Waals surface area contributed by atoms with Gasteiger partial charge in [0.15, 0.2) is 0 Å². The smallest absolute Gasteiger partial charge is 0.306 e. The average Bonchev–Trinajstić information content (AvgIpc) is 2.17. The third-order valence-corrected chi connectivity index (χ3v) is 1.61. The molecule has 0 saturated heterocycles. The van der Waals surface area contributed by atoms with Gasteiger partial charge in [-0.2, -0.15) is 0 Å². The molecule has 1 atom stereocenters. The SMILES string of the molecule is CCCOCC(CO)OC(=O)CCC. The maximum absolute atomic E-state index is 11.1. The van der Waals surface area contributed by atoms with Crippen molar-refractivity contribution < 1.29 is 19.4 Å². The van der Waals surface area contributed by atoms with Crippen LogP contribution in [0.3, 0.4) is 0 Å². The number of hydrogen-bond donors (Lipinski definition) is 1. The van der Waals surface area contributed by atoms with Crippen LogP contribution in [0.1, 0.15) is 33.1 Å². The van der Waals surface area contributed by atoms with Crippen LogP contribution >= 0.6 is 0 Å². The molecule has 0 spiro atoms. The summed E-state index contributed by atoms with van der Waals surface area (Å²) in [6.45, 7) is 4.63. The highest BCUT2D eigenvalue weighted by molar-refractivity contribution is 5.69. The van der Waals surface area contributed by atoms with Gasteiger partial charge in [0.2, 0.25) is 0 Å². The molecular formula is C10H20O4. The maximum atomic E-state index is 11.1. The number of hydrogen-bond acceptors (Lipinski definition) is 4. The van der Waals surface area contributed by atoms with Crippen LogP contribution in [-0.4, -0.2) is 37.0 Å². The van der Waals surface area contributed by atoms with E-state index in [0.717, 1.165) is 12.8 Å². The number of ether oxygens (including phenoxy) is 2. The van der Waals surface area contributed by atoms with Gasteiger partial charge >= 0.3 is 5.97 Å². The summed E-state index contributed by atoms with van der Waals surface area (Å²) >= 11 is 0. The molecular weight excluding hydrogens is 184 g/mol. The van der Waals surface area contributed by atoms with Crippen molar-refractivity contribution in [2.45, 2.75) is 39.2 Å². The molecule has 0 aromatic heterocycles. The zero-order valence-corrected chi connectivity index (χ0v) is 8.99. The third kappa shape index (κ3) is 6.86. The fourth-order valence-electron chi connectivity index (χ4n) is 0.932. The summed E-state index contributed by atoms with van der Waals surface area (Å²) in [5.74, 6) is -0.272. The highest BCUT2D eigenvalue weighted by Crippen LogP contribution is 1.98. The van der Waals surface area contributed by atoms with Crippen LogP contribution in [0.4, 0.5) is 0 Å². The van der Waals surface area contributed by atoms with Gasteiger partial charge in [-0.05, 0) is 12.8 Å². The summed E-state index contributed by atoms with van der Waals surface area (Å²) in [4.78, 5) is 11.1. The second-order valence-corrected chi connectivity index (χ2v) is 3.12. The van der Waals surface area contributed by atoms with Gasteiger partial charge in [-0.1, -0.05) is 13.8 Å². The molecule has 1 unspecified atom stereocenters. The van der Waals surface area contributed by atoms with Crippen LogP contribution in [0.15, 0.2) is 0 Å². The Hall–Kier alpha value is -0.610. The number of aliphatic hydroxyl groups excluding tert-OH is 1. The lowest BCUT2D eigenvalue weighted by molar-refractivity contribution is -0.154. The molecule has 14 heavy (non-hydrogen) atoms. The highest BCUT2D eigenvalue weighted by Gasteiger charge is 2.12. The van der Waals surface area contributed by atoms with Gasteiger partial charge < -0.3 is 14.6 Å². The van der Waals surface area contributed by atoms with Gasteiger partial charge in [0.25, 0.3) is 0 Å². The van der Waals surface area contributed by atoms with Gasteiger partial charge in [-0.3, -0.25) is 4.79 Å². The first-order valence-corrected chi connectivity index (χ1v) is 5.12. The molecule has 0 aliphatic carbocycles. The lowest BCUT2D eigenvalue weighted by Crippen LogP contribution is -2.27. The molecule has 0 saturated carbocycles.